The fourth-order valence-electron chi connectivity index (χ4n) is 1.34. The van der Waals surface area contributed by atoms with Crippen LogP contribution in [0.5, 0.6) is 0 Å². The van der Waals surface area contributed by atoms with Crippen molar-refractivity contribution in [2.45, 2.75) is 12.8 Å². The summed E-state index contributed by atoms with van der Waals surface area (Å²) in [6.07, 6.45) is -4.30. The van der Waals surface area contributed by atoms with E-state index in [1.54, 1.807) is 12.1 Å². The van der Waals surface area contributed by atoms with Gasteiger partial charge < -0.3 is 9.72 Å². The Morgan fingerprint density at radius 1 is 1.25 bits per heavy atom. The summed E-state index contributed by atoms with van der Waals surface area (Å²) in [6.45, 7) is -1.43. The molecular weight excluding hydrogens is 221 g/mol. The Balaban J connectivity index is 2.00. The Kier molecular flexibility index (Phi) is 2.82. The standard InChI is InChI=1S/C10H9F3N2O/c11-10(12,13)6-16-5-9-14-7-3-1-2-4-8(7)15-9/h1-4H,5-6H2,(H,14,15). The van der Waals surface area contributed by atoms with Gasteiger partial charge in [0.05, 0.1) is 11.0 Å². The number of aromatic nitrogens is 2. The minimum absolute atomic E-state index is 0.172. The molecule has 0 unspecified atom stereocenters. The molecule has 0 atom stereocenters. The Morgan fingerprint density at radius 3 is 2.69 bits per heavy atom. The van der Waals surface area contributed by atoms with Crippen LogP contribution in [0, 0.1) is 0 Å². The molecule has 0 saturated carbocycles. The minimum atomic E-state index is -4.30. The first kappa shape index (κ1) is 10.9. The molecule has 1 aromatic carbocycles. The molecule has 0 radical (unpaired) electrons. The highest BCUT2D eigenvalue weighted by Crippen LogP contribution is 2.16. The molecule has 0 saturated heterocycles. The van der Waals surface area contributed by atoms with E-state index in [4.69, 9.17) is 0 Å². The maximum atomic E-state index is 11.8. The molecule has 1 aromatic heterocycles. The van der Waals surface area contributed by atoms with Crippen LogP contribution in [0.1, 0.15) is 5.82 Å². The van der Waals surface area contributed by atoms with Crippen LogP contribution in [0.15, 0.2) is 24.3 Å². The second kappa shape index (κ2) is 4.13. The number of aromatic amines is 1. The zero-order valence-corrected chi connectivity index (χ0v) is 8.21. The van der Waals surface area contributed by atoms with Crippen LogP contribution in [-0.2, 0) is 11.3 Å². The summed E-state index contributed by atoms with van der Waals surface area (Å²) in [5, 5.41) is 0. The number of alkyl halides is 3. The summed E-state index contributed by atoms with van der Waals surface area (Å²) in [7, 11) is 0. The van der Waals surface area contributed by atoms with Crippen molar-refractivity contribution >= 4 is 11.0 Å². The maximum Gasteiger partial charge on any atom is 0.411 e. The molecule has 0 fully saturated rings. The van der Waals surface area contributed by atoms with Gasteiger partial charge in [0.1, 0.15) is 19.0 Å². The van der Waals surface area contributed by atoms with E-state index in [1.807, 2.05) is 12.1 Å². The predicted octanol–water partition coefficient (Wildman–Crippen LogP) is 2.64. The molecular formula is C10H9F3N2O. The van der Waals surface area contributed by atoms with E-state index < -0.39 is 12.8 Å². The van der Waals surface area contributed by atoms with Crippen molar-refractivity contribution in [1.29, 1.82) is 0 Å². The summed E-state index contributed by atoms with van der Waals surface area (Å²) >= 11 is 0. The Bertz CT molecular complexity index is 445. The number of ether oxygens (including phenoxy) is 1. The highest BCUT2D eigenvalue weighted by Gasteiger charge is 2.27. The van der Waals surface area contributed by atoms with Crippen LogP contribution in [0.3, 0.4) is 0 Å². The van der Waals surface area contributed by atoms with Gasteiger partial charge in [-0.1, -0.05) is 12.1 Å². The second-order valence-electron chi connectivity index (χ2n) is 3.31. The summed E-state index contributed by atoms with van der Waals surface area (Å²) in [5.74, 6) is 0.394. The molecule has 1 heterocycles. The van der Waals surface area contributed by atoms with Crippen molar-refractivity contribution in [3.8, 4) is 0 Å². The SMILES string of the molecule is FC(F)(F)COCc1nc2ccccc2[nH]1. The first-order valence-corrected chi connectivity index (χ1v) is 4.63. The third-order valence-electron chi connectivity index (χ3n) is 1.94. The van der Waals surface area contributed by atoms with Crippen LogP contribution in [0.4, 0.5) is 13.2 Å². The van der Waals surface area contributed by atoms with Crippen LogP contribution in [0.2, 0.25) is 0 Å². The Hall–Kier alpha value is -1.56. The Morgan fingerprint density at radius 2 is 2.00 bits per heavy atom. The van der Waals surface area contributed by atoms with Gasteiger partial charge in [-0.3, -0.25) is 0 Å². The average molecular weight is 230 g/mol. The van der Waals surface area contributed by atoms with Gasteiger partial charge in [0.25, 0.3) is 0 Å². The fraction of sp³-hybridized carbons (Fsp3) is 0.300. The molecule has 3 nitrogen and oxygen atoms in total. The average Bonchev–Trinajstić information content (AvgIpc) is 2.57. The lowest BCUT2D eigenvalue weighted by Crippen LogP contribution is -2.16. The van der Waals surface area contributed by atoms with E-state index in [-0.39, 0.29) is 6.61 Å². The zero-order valence-electron chi connectivity index (χ0n) is 8.21. The number of para-hydroxylation sites is 2. The molecule has 2 rings (SSSR count). The topological polar surface area (TPSA) is 37.9 Å². The quantitative estimate of drug-likeness (QED) is 0.880. The highest BCUT2D eigenvalue weighted by atomic mass is 19.4. The molecule has 0 spiro atoms. The monoisotopic (exact) mass is 230 g/mol. The number of nitrogens with one attached hydrogen (secondary N) is 1. The van der Waals surface area contributed by atoms with Crippen molar-refractivity contribution in [2.24, 2.45) is 0 Å². The van der Waals surface area contributed by atoms with Crippen LogP contribution >= 0.6 is 0 Å². The maximum absolute atomic E-state index is 11.8. The first-order valence-electron chi connectivity index (χ1n) is 4.63. The minimum Gasteiger partial charge on any atom is -0.364 e. The molecule has 1 N–H and O–H groups in total. The molecule has 0 aliphatic heterocycles. The van der Waals surface area contributed by atoms with E-state index in [2.05, 4.69) is 14.7 Å². The Labute approximate surface area is 89.2 Å². The van der Waals surface area contributed by atoms with Crippen molar-refractivity contribution < 1.29 is 17.9 Å². The van der Waals surface area contributed by atoms with E-state index >= 15 is 0 Å². The number of hydrogen-bond acceptors (Lipinski definition) is 2. The van der Waals surface area contributed by atoms with Crippen molar-refractivity contribution in [2.75, 3.05) is 6.61 Å². The van der Waals surface area contributed by atoms with Gasteiger partial charge in [0, 0.05) is 0 Å². The lowest BCUT2D eigenvalue weighted by Gasteiger charge is -2.05. The third kappa shape index (κ3) is 2.73. The van der Waals surface area contributed by atoms with Gasteiger partial charge in [-0.15, -0.1) is 0 Å². The number of H-pyrrole nitrogens is 1. The van der Waals surface area contributed by atoms with E-state index in [0.29, 0.717) is 11.3 Å². The summed E-state index contributed by atoms with van der Waals surface area (Å²) in [6, 6.07) is 7.21. The largest absolute Gasteiger partial charge is 0.411 e. The summed E-state index contributed by atoms with van der Waals surface area (Å²) in [5.41, 5.74) is 1.50. The zero-order chi connectivity index (χ0) is 11.6. The van der Waals surface area contributed by atoms with Crippen molar-refractivity contribution in [3.05, 3.63) is 30.1 Å². The van der Waals surface area contributed by atoms with Crippen molar-refractivity contribution in [3.63, 3.8) is 0 Å². The fourth-order valence-corrected chi connectivity index (χ4v) is 1.34. The molecule has 2 aromatic rings. The van der Waals surface area contributed by atoms with Gasteiger partial charge in [-0.05, 0) is 12.1 Å². The summed E-state index contributed by atoms with van der Waals surface area (Å²) < 4.78 is 39.9. The van der Waals surface area contributed by atoms with Crippen LogP contribution < -0.4 is 0 Å². The molecule has 16 heavy (non-hydrogen) atoms. The molecule has 0 aliphatic rings. The smallest absolute Gasteiger partial charge is 0.364 e. The molecule has 0 amide bonds. The highest BCUT2D eigenvalue weighted by molar-refractivity contribution is 5.74. The molecule has 86 valence electrons. The number of nitrogens with zero attached hydrogens (tertiary/aromatic N) is 1. The number of rotatable bonds is 3. The lowest BCUT2D eigenvalue weighted by atomic mass is 10.3. The third-order valence-corrected chi connectivity index (χ3v) is 1.94. The van der Waals surface area contributed by atoms with E-state index in [1.165, 1.54) is 0 Å². The van der Waals surface area contributed by atoms with E-state index in [0.717, 1.165) is 5.52 Å². The van der Waals surface area contributed by atoms with Gasteiger partial charge in [-0.2, -0.15) is 13.2 Å². The lowest BCUT2D eigenvalue weighted by molar-refractivity contribution is -0.177. The number of halogens is 3. The van der Waals surface area contributed by atoms with Crippen LogP contribution in [0.25, 0.3) is 11.0 Å². The number of imidazole rings is 1. The van der Waals surface area contributed by atoms with Crippen LogP contribution in [-0.4, -0.2) is 22.8 Å². The first-order chi connectivity index (χ1) is 7.54. The van der Waals surface area contributed by atoms with Gasteiger partial charge in [0.15, 0.2) is 0 Å². The summed E-state index contributed by atoms with van der Waals surface area (Å²) in [4.78, 5) is 6.96. The second-order valence-corrected chi connectivity index (χ2v) is 3.31. The number of benzene rings is 1. The number of fused-ring (bicyclic) bond motifs is 1. The van der Waals surface area contributed by atoms with Gasteiger partial charge >= 0.3 is 6.18 Å². The van der Waals surface area contributed by atoms with Gasteiger partial charge in [-0.25, -0.2) is 4.98 Å². The molecule has 0 bridgehead atoms. The molecule has 0 aliphatic carbocycles. The van der Waals surface area contributed by atoms with E-state index in [9.17, 15) is 13.2 Å². The molecule has 6 heteroatoms. The normalized spacial score (nSPS) is 12.2. The number of hydrogen-bond donors (Lipinski definition) is 1. The van der Waals surface area contributed by atoms with Gasteiger partial charge in [0.2, 0.25) is 0 Å². The predicted molar refractivity (Wildman–Crippen MR) is 51.8 cm³/mol. The van der Waals surface area contributed by atoms with Crippen molar-refractivity contribution in [1.82, 2.24) is 9.97 Å².